The zero-order valence-electron chi connectivity index (χ0n) is 14.4. The molecule has 1 aliphatic rings. The summed E-state index contributed by atoms with van der Waals surface area (Å²) in [5.41, 5.74) is 5.74. The lowest BCUT2D eigenvalue weighted by molar-refractivity contribution is -0.148. The molecule has 1 aromatic carbocycles. The van der Waals surface area contributed by atoms with Crippen LogP contribution in [0.2, 0.25) is 0 Å². The second-order valence-electron chi connectivity index (χ2n) is 6.60. The molecule has 1 unspecified atom stereocenters. The van der Waals surface area contributed by atoms with Gasteiger partial charge in [0.15, 0.2) is 11.6 Å². The van der Waals surface area contributed by atoms with Gasteiger partial charge < -0.3 is 15.4 Å². The molecule has 2 heterocycles. The summed E-state index contributed by atoms with van der Waals surface area (Å²) in [6.45, 7) is -0.0423. The minimum Gasteiger partial charge on any atom is -0.378 e. The van der Waals surface area contributed by atoms with Crippen molar-refractivity contribution >= 4 is 0 Å². The highest BCUT2D eigenvalue weighted by Gasteiger charge is 2.40. The number of aliphatic hydroxyl groups is 1. The summed E-state index contributed by atoms with van der Waals surface area (Å²) < 4.78 is 79.4. The van der Waals surface area contributed by atoms with Crippen molar-refractivity contribution in [3.8, 4) is 0 Å². The number of aliphatic hydroxyl groups excluding tert-OH is 1. The van der Waals surface area contributed by atoms with Crippen LogP contribution >= 0.6 is 0 Å². The third-order valence-electron chi connectivity index (χ3n) is 4.54. The van der Waals surface area contributed by atoms with Gasteiger partial charge in [0.25, 0.3) is 0 Å². The SMILES string of the molecule is N[C@H](Cc1cc(F)c(F)cc1F)CC(O)N1CCn2c(nnc2C(F)(F)F)C1. The Morgan fingerprint density at radius 2 is 1.75 bits per heavy atom. The van der Waals surface area contributed by atoms with Crippen LogP contribution in [0.4, 0.5) is 26.3 Å². The molecule has 0 saturated heterocycles. The fraction of sp³-hybridized carbons (Fsp3) is 0.500. The van der Waals surface area contributed by atoms with Gasteiger partial charge in [-0.05, 0) is 18.1 Å². The number of rotatable bonds is 5. The van der Waals surface area contributed by atoms with Crippen LogP contribution in [0.15, 0.2) is 12.1 Å². The largest absolute Gasteiger partial charge is 0.451 e. The average Bonchev–Trinajstić information content (AvgIpc) is 3.03. The molecule has 1 aromatic heterocycles. The Hall–Kier alpha value is -2.18. The second-order valence-corrected chi connectivity index (χ2v) is 6.60. The molecular formula is C16H17F6N5O. The molecule has 2 atom stereocenters. The normalized spacial score (nSPS) is 17.4. The first-order chi connectivity index (χ1) is 13.1. The van der Waals surface area contributed by atoms with E-state index in [-0.39, 0.29) is 43.9 Å². The first kappa shape index (κ1) is 20.6. The van der Waals surface area contributed by atoms with Crippen molar-refractivity contribution in [2.45, 2.75) is 44.4 Å². The third kappa shape index (κ3) is 4.28. The molecule has 1 aliphatic heterocycles. The molecule has 6 nitrogen and oxygen atoms in total. The first-order valence-electron chi connectivity index (χ1n) is 8.36. The number of aromatic nitrogens is 3. The Bertz CT molecular complexity index is 855. The molecule has 0 aliphatic carbocycles. The van der Waals surface area contributed by atoms with E-state index in [4.69, 9.17) is 5.73 Å². The van der Waals surface area contributed by atoms with Crippen LogP contribution in [0.1, 0.15) is 23.6 Å². The lowest BCUT2D eigenvalue weighted by atomic mass is 10.0. The van der Waals surface area contributed by atoms with E-state index in [0.29, 0.717) is 12.1 Å². The van der Waals surface area contributed by atoms with Crippen LogP contribution in [-0.4, -0.2) is 43.6 Å². The van der Waals surface area contributed by atoms with Crippen LogP contribution in [0, 0.1) is 17.5 Å². The lowest BCUT2D eigenvalue weighted by Crippen LogP contribution is -2.44. The molecule has 28 heavy (non-hydrogen) atoms. The Morgan fingerprint density at radius 3 is 2.43 bits per heavy atom. The zero-order valence-corrected chi connectivity index (χ0v) is 14.4. The Balaban J connectivity index is 1.62. The summed E-state index contributed by atoms with van der Waals surface area (Å²) >= 11 is 0. The Morgan fingerprint density at radius 1 is 1.07 bits per heavy atom. The quantitative estimate of drug-likeness (QED) is 0.582. The molecule has 2 aromatic rings. The third-order valence-corrected chi connectivity index (χ3v) is 4.54. The van der Waals surface area contributed by atoms with E-state index >= 15 is 0 Å². The maximum absolute atomic E-state index is 13.7. The van der Waals surface area contributed by atoms with Crippen LogP contribution in [0.3, 0.4) is 0 Å². The van der Waals surface area contributed by atoms with E-state index in [0.717, 1.165) is 4.57 Å². The minimum absolute atomic E-state index is 0.0536. The summed E-state index contributed by atoms with van der Waals surface area (Å²) in [6, 6.07) is 0.336. The molecule has 0 spiro atoms. The zero-order chi connectivity index (χ0) is 20.6. The van der Waals surface area contributed by atoms with Crippen molar-refractivity contribution < 1.29 is 31.4 Å². The molecule has 0 bridgehead atoms. The maximum atomic E-state index is 13.7. The molecule has 0 radical (unpaired) electrons. The summed E-state index contributed by atoms with van der Waals surface area (Å²) in [6.07, 6.45) is -5.97. The first-order valence-corrected chi connectivity index (χ1v) is 8.36. The van der Waals surface area contributed by atoms with Gasteiger partial charge in [0.2, 0.25) is 5.82 Å². The predicted molar refractivity (Wildman–Crippen MR) is 84.1 cm³/mol. The van der Waals surface area contributed by atoms with E-state index in [1.54, 1.807) is 0 Å². The number of nitrogens with zero attached hydrogens (tertiary/aromatic N) is 4. The minimum atomic E-state index is -4.62. The van der Waals surface area contributed by atoms with Crippen LogP contribution in [0.5, 0.6) is 0 Å². The fourth-order valence-electron chi connectivity index (χ4n) is 3.15. The molecular weight excluding hydrogens is 392 g/mol. The van der Waals surface area contributed by atoms with E-state index in [1.165, 1.54) is 4.90 Å². The Labute approximate surface area is 155 Å². The van der Waals surface area contributed by atoms with Gasteiger partial charge in [-0.2, -0.15) is 13.2 Å². The highest BCUT2D eigenvalue weighted by molar-refractivity contribution is 5.21. The maximum Gasteiger partial charge on any atom is 0.451 e. The summed E-state index contributed by atoms with van der Waals surface area (Å²) in [4.78, 5) is 1.46. The molecule has 0 saturated carbocycles. The van der Waals surface area contributed by atoms with Gasteiger partial charge in [-0.3, -0.25) is 4.90 Å². The van der Waals surface area contributed by atoms with Crippen molar-refractivity contribution in [1.29, 1.82) is 0 Å². The van der Waals surface area contributed by atoms with Gasteiger partial charge in [0, 0.05) is 31.6 Å². The van der Waals surface area contributed by atoms with Gasteiger partial charge in [0.1, 0.15) is 17.9 Å². The number of hydrogen-bond donors (Lipinski definition) is 2. The van der Waals surface area contributed by atoms with Gasteiger partial charge >= 0.3 is 6.18 Å². The topological polar surface area (TPSA) is 80.2 Å². The van der Waals surface area contributed by atoms with Crippen molar-refractivity contribution in [2.75, 3.05) is 6.54 Å². The molecule has 12 heteroatoms. The number of halogens is 6. The summed E-state index contributed by atoms with van der Waals surface area (Å²) in [5.74, 6) is -4.51. The monoisotopic (exact) mass is 409 g/mol. The molecule has 3 N–H and O–H groups in total. The second kappa shape index (κ2) is 7.68. The standard InChI is InChI=1S/C16H17F6N5O/c17-10-6-12(19)11(18)4-8(10)3-9(23)5-14(28)26-1-2-27-13(7-26)24-25-15(27)16(20,21)22/h4,6,9,14,28H,1-3,5,7,23H2/t9-,14?/m1/s1. The van der Waals surface area contributed by atoms with Gasteiger partial charge in [-0.1, -0.05) is 0 Å². The van der Waals surface area contributed by atoms with Crippen LogP contribution < -0.4 is 5.73 Å². The summed E-state index contributed by atoms with van der Waals surface area (Å²) in [5, 5.41) is 17.0. The highest BCUT2D eigenvalue weighted by atomic mass is 19.4. The average molecular weight is 409 g/mol. The number of hydrogen-bond acceptors (Lipinski definition) is 5. The number of fused-ring (bicyclic) bond motifs is 1. The van der Waals surface area contributed by atoms with E-state index in [2.05, 4.69) is 10.2 Å². The molecule has 0 fully saturated rings. The van der Waals surface area contributed by atoms with Gasteiger partial charge in [-0.25, -0.2) is 13.2 Å². The van der Waals surface area contributed by atoms with Gasteiger partial charge in [-0.15, -0.1) is 10.2 Å². The van der Waals surface area contributed by atoms with E-state index in [1.807, 2.05) is 0 Å². The molecule has 0 amide bonds. The van der Waals surface area contributed by atoms with E-state index < -0.39 is 41.7 Å². The highest BCUT2D eigenvalue weighted by Crippen LogP contribution is 2.29. The molecule has 154 valence electrons. The summed E-state index contributed by atoms with van der Waals surface area (Å²) in [7, 11) is 0. The predicted octanol–water partition coefficient (Wildman–Crippen LogP) is 1.81. The lowest BCUT2D eigenvalue weighted by Gasteiger charge is -2.33. The van der Waals surface area contributed by atoms with Crippen LogP contribution in [-0.2, 0) is 25.7 Å². The molecule has 3 rings (SSSR count). The smallest absolute Gasteiger partial charge is 0.378 e. The van der Waals surface area contributed by atoms with Gasteiger partial charge in [0.05, 0.1) is 6.54 Å². The van der Waals surface area contributed by atoms with Crippen molar-refractivity contribution in [3.05, 3.63) is 46.8 Å². The van der Waals surface area contributed by atoms with Crippen molar-refractivity contribution in [1.82, 2.24) is 19.7 Å². The fourth-order valence-corrected chi connectivity index (χ4v) is 3.15. The number of benzene rings is 1. The van der Waals surface area contributed by atoms with Crippen molar-refractivity contribution in [3.63, 3.8) is 0 Å². The number of nitrogens with two attached hydrogens (primary N) is 1. The van der Waals surface area contributed by atoms with Crippen LogP contribution in [0.25, 0.3) is 0 Å². The number of alkyl halides is 3. The van der Waals surface area contributed by atoms with Crippen molar-refractivity contribution in [2.24, 2.45) is 5.73 Å². The van der Waals surface area contributed by atoms with E-state index in [9.17, 15) is 31.4 Å². The Kier molecular flexibility index (Phi) is 5.64.